The molecular weight excluding hydrogens is 431 g/mol. The standard InChI is InChI=1S/C22H16F3NO6/c23-15-6-7-16(21(25)20(15)24)26-18(27)9-31-19(28)10-30-11-4-5-13-12-2-1-3-14(12)22(29)32-17(13)8-11/h4-8H,1-3,9-10H2,(H,26,27). The monoisotopic (exact) mass is 447 g/mol. The number of ether oxygens (including phenoxy) is 2. The second-order valence-electron chi connectivity index (χ2n) is 7.08. The molecule has 0 fully saturated rings. The molecule has 0 atom stereocenters. The van der Waals surface area contributed by atoms with Crippen molar-refractivity contribution in [2.24, 2.45) is 0 Å². The normalized spacial score (nSPS) is 12.5. The number of aryl methyl sites for hydroxylation is 1. The van der Waals surface area contributed by atoms with Gasteiger partial charge in [-0.3, -0.25) is 4.79 Å². The second-order valence-corrected chi connectivity index (χ2v) is 7.08. The molecule has 1 heterocycles. The maximum atomic E-state index is 13.6. The van der Waals surface area contributed by atoms with Crippen LogP contribution in [-0.2, 0) is 27.2 Å². The van der Waals surface area contributed by atoms with Gasteiger partial charge >= 0.3 is 11.6 Å². The van der Waals surface area contributed by atoms with E-state index in [1.807, 2.05) is 5.32 Å². The molecule has 3 aromatic rings. The molecule has 32 heavy (non-hydrogen) atoms. The first kappa shape index (κ1) is 21.4. The summed E-state index contributed by atoms with van der Waals surface area (Å²) in [6, 6.07) is 6.33. The smallest absolute Gasteiger partial charge is 0.344 e. The summed E-state index contributed by atoms with van der Waals surface area (Å²) >= 11 is 0. The molecule has 0 radical (unpaired) electrons. The van der Waals surface area contributed by atoms with Crippen molar-refractivity contribution >= 4 is 28.5 Å². The fourth-order valence-electron chi connectivity index (χ4n) is 3.49. The molecule has 1 amide bonds. The van der Waals surface area contributed by atoms with Crippen LogP contribution < -0.4 is 15.7 Å². The van der Waals surface area contributed by atoms with E-state index in [0.717, 1.165) is 29.9 Å². The number of nitrogens with one attached hydrogen (secondary N) is 1. The Balaban J connectivity index is 1.32. The number of carbonyl (C=O) groups excluding carboxylic acids is 2. The summed E-state index contributed by atoms with van der Waals surface area (Å²) in [5.41, 5.74) is 1.02. The van der Waals surface area contributed by atoms with Gasteiger partial charge in [0.25, 0.3) is 5.91 Å². The van der Waals surface area contributed by atoms with E-state index >= 15 is 0 Å². The number of esters is 1. The largest absolute Gasteiger partial charge is 0.482 e. The van der Waals surface area contributed by atoms with Crippen LogP contribution in [0.25, 0.3) is 11.0 Å². The molecule has 10 heteroatoms. The average Bonchev–Trinajstić information content (AvgIpc) is 3.27. The van der Waals surface area contributed by atoms with Gasteiger partial charge in [-0.15, -0.1) is 0 Å². The molecule has 0 unspecified atom stereocenters. The van der Waals surface area contributed by atoms with Crippen molar-refractivity contribution < 1.29 is 36.7 Å². The summed E-state index contributed by atoms with van der Waals surface area (Å²) in [6.45, 7) is -1.34. The lowest BCUT2D eigenvalue weighted by molar-refractivity contribution is -0.149. The number of carbonyl (C=O) groups is 2. The molecule has 1 aliphatic carbocycles. The summed E-state index contributed by atoms with van der Waals surface area (Å²) in [6.07, 6.45) is 2.37. The van der Waals surface area contributed by atoms with Crippen LogP contribution in [0.15, 0.2) is 39.5 Å². The van der Waals surface area contributed by atoms with Crippen molar-refractivity contribution in [3.05, 3.63) is 69.3 Å². The topological polar surface area (TPSA) is 94.8 Å². The van der Waals surface area contributed by atoms with Crippen molar-refractivity contribution in [1.82, 2.24) is 0 Å². The van der Waals surface area contributed by atoms with Crippen LogP contribution in [0.5, 0.6) is 5.75 Å². The highest BCUT2D eigenvalue weighted by atomic mass is 19.2. The molecule has 0 spiro atoms. The lowest BCUT2D eigenvalue weighted by Gasteiger charge is -2.10. The zero-order chi connectivity index (χ0) is 22.8. The number of amides is 1. The fraction of sp³-hybridized carbons (Fsp3) is 0.227. The first-order chi connectivity index (χ1) is 15.3. The molecule has 7 nitrogen and oxygen atoms in total. The minimum Gasteiger partial charge on any atom is -0.482 e. The number of rotatable bonds is 6. The lowest BCUT2D eigenvalue weighted by atomic mass is 10.1. The summed E-state index contributed by atoms with van der Waals surface area (Å²) in [7, 11) is 0. The van der Waals surface area contributed by atoms with Gasteiger partial charge in [0.15, 0.2) is 30.7 Å². The summed E-state index contributed by atoms with van der Waals surface area (Å²) < 4.78 is 55.0. The van der Waals surface area contributed by atoms with Crippen LogP contribution in [0.1, 0.15) is 17.5 Å². The Morgan fingerprint density at radius 3 is 2.59 bits per heavy atom. The van der Waals surface area contributed by atoms with Crippen LogP contribution >= 0.6 is 0 Å². The molecule has 1 aromatic heterocycles. The average molecular weight is 447 g/mol. The highest BCUT2D eigenvalue weighted by Crippen LogP contribution is 2.29. The Hall–Kier alpha value is -3.82. The van der Waals surface area contributed by atoms with E-state index in [4.69, 9.17) is 13.9 Å². The van der Waals surface area contributed by atoms with Gasteiger partial charge in [0.2, 0.25) is 0 Å². The minimum atomic E-state index is -1.73. The Bertz CT molecular complexity index is 1290. The second kappa shape index (κ2) is 8.74. The predicted molar refractivity (Wildman–Crippen MR) is 106 cm³/mol. The van der Waals surface area contributed by atoms with Crippen LogP contribution in [-0.4, -0.2) is 25.1 Å². The molecule has 1 N–H and O–H groups in total. The number of benzene rings is 2. The van der Waals surface area contributed by atoms with Crippen molar-refractivity contribution in [3.8, 4) is 5.75 Å². The first-order valence-electron chi connectivity index (χ1n) is 9.64. The van der Waals surface area contributed by atoms with Crippen molar-refractivity contribution in [1.29, 1.82) is 0 Å². The summed E-state index contributed by atoms with van der Waals surface area (Å²) in [5, 5.41) is 2.79. The predicted octanol–water partition coefficient (Wildman–Crippen LogP) is 3.26. The van der Waals surface area contributed by atoms with Gasteiger partial charge in [-0.05, 0) is 49.1 Å². The Morgan fingerprint density at radius 1 is 1.00 bits per heavy atom. The van der Waals surface area contributed by atoms with Gasteiger partial charge in [0.1, 0.15) is 11.3 Å². The van der Waals surface area contributed by atoms with E-state index in [1.54, 1.807) is 12.1 Å². The third-order valence-corrected chi connectivity index (χ3v) is 4.98. The van der Waals surface area contributed by atoms with Crippen LogP contribution in [0.4, 0.5) is 18.9 Å². The van der Waals surface area contributed by atoms with Crippen molar-refractivity contribution in [3.63, 3.8) is 0 Å². The van der Waals surface area contributed by atoms with Crippen molar-refractivity contribution in [2.75, 3.05) is 18.5 Å². The maximum absolute atomic E-state index is 13.6. The van der Waals surface area contributed by atoms with Gasteiger partial charge in [-0.25, -0.2) is 22.8 Å². The molecule has 0 saturated heterocycles. The van der Waals surface area contributed by atoms with Crippen LogP contribution in [0, 0.1) is 17.5 Å². The zero-order valence-corrected chi connectivity index (χ0v) is 16.5. The third-order valence-electron chi connectivity index (χ3n) is 4.98. The highest BCUT2D eigenvalue weighted by Gasteiger charge is 2.20. The summed E-state index contributed by atoms with van der Waals surface area (Å²) in [5.74, 6) is -6.30. The molecule has 0 aliphatic heterocycles. The number of anilines is 1. The van der Waals surface area contributed by atoms with Gasteiger partial charge in [-0.2, -0.15) is 0 Å². The quantitative estimate of drug-likeness (QED) is 0.354. The maximum Gasteiger partial charge on any atom is 0.344 e. The third kappa shape index (κ3) is 4.29. The van der Waals surface area contributed by atoms with Gasteiger partial charge in [0.05, 0.1) is 5.69 Å². The minimum absolute atomic E-state index is 0.254. The molecule has 2 aromatic carbocycles. The lowest BCUT2D eigenvalue weighted by Crippen LogP contribution is -2.24. The van der Waals surface area contributed by atoms with Crippen LogP contribution in [0.3, 0.4) is 0 Å². The van der Waals surface area contributed by atoms with Gasteiger partial charge < -0.3 is 19.2 Å². The number of fused-ring (bicyclic) bond motifs is 3. The van der Waals surface area contributed by atoms with E-state index in [1.165, 1.54) is 6.07 Å². The first-order valence-corrected chi connectivity index (χ1v) is 9.64. The highest BCUT2D eigenvalue weighted by molar-refractivity contribution is 5.93. The van der Waals surface area contributed by atoms with Crippen LogP contribution in [0.2, 0.25) is 0 Å². The number of hydrogen-bond donors (Lipinski definition) is 1. The molecule has 4 rings (SSSR count). The number of hydrogen-bond acceptors (Lipinski definition) is 6. The Morgan fingerprint density at radius 2 is 1.78 bits per heavy atom. The SMILES string of the molecule is O=C(COC(=O)COc1ccc2c3c(c(=O)oc2c1)CCC3)Nc1ccc(F)c(F)c1F. The van der Waals surface area contributed by atoms with E-state index < -0.39 is 48.2 Å². The van der Waals surface area contributed by atoms with E-state index in [0.29, 0.717) is 23.6 Å². The van der Waals surface area contributed by atoms with E-state index in [-0.39, 0.29) is 11.4 Å². The Kier molecular flexibility index (Phi) is 5.85. The molecular formula is C22H16F3NO6. The van der Waals surface area contributed by atoms with Gasteiger partial charge in [-0.1, -0.05) is 0 Å². The molecule has 0 bridgehead atoms. The van der Waals surface area contributed by atoms with Crippen molar-refractivity contribution in [2.45, 2.75) is 19.3 Å². The molecule has 166 valence electrons. The summed E-state index contributed by atoms with van der Waals surface area (Å²) in [4.78, 5) is 35.6. The fourth-order valence-corrected chi connectivity index (χ4v) is 3.49. The molecule has 0 saturated carbocycles. The number of halogens is 3. The van der Waals surface area contributed by atoms with E-state index in [2.05, 4.69) is 0 Å². The zero-order valence-electron chi connectivity index (χ0n) is 16.5. The van der Waals surface area contributed by atoms with Gasteiger partial charge in [0, 0.05) is 17.0 Å². The van der Waals surface area contributed by atoms with E-state index in [9.17, 15) is 27.6 Å². The molecule has 1 aliphatic rings. The Labute approximate surface area is 178 Å².